The number of amides is 2. The monoisotopic (exact) mass is 350 g/mol. The molecule has 1 atom stereocenters. The number of nitrogens with zero attached hydrogens (tertiary/aromatic N) is 2. The lowest BCUT2D eigenvalue weighted by Gasteiger charge is -2.47. The molecule has 0 aromatic carbocycles. The van der Waals surface area contributed by atoms with Gasteiger partial charge in [-0.05, 0) is 55.5 Å². The van der Waals surface area contributed by atoms with E-state index in [2.05, 4.69) is 0 Å². The van der Waals surface area contributed by atoms with E-state index in [1.807, 2.05) is 28.2 Å². The van der Waals surface area contributed by atoms with Gasteiger partial charge < -0.3 is 14.9 Å². The van der Waals surface area contributed by atoms with Gasteiger partial charge in [-0.2, -0.15) is 0 Å². The quantitative estimate of drug-likeness (QED) is 0.910. The first-order valence-corrected chi connectivity index (χ1v) is 9.57. The van der Waals surface area contributed by atoms with Crippen LogP contribution in [-0.2, 0) is 4.79 Å². The van der Waals surface area contributed by atoms with E-state index < -0.39 is 6.10 Å². The van der Waals surface area contributed by atoms with Crippen LogP contribution in [0, 0.1) is 12.3 Å². The van der Waals surface area contributed by atoms with Crippen molar-refractivity contribution in [2.45, 2.75) is 45.6 Å². The molecule has 5 nitrogen and oxygen atoms in total. The Morgan fingerprint density at radius 3 is 2.67 bits per heavy atom. The lowest BCUT2D eigenvalue weighted by Crippen LogP contribution is -2.53. The molecule has 0 saturated carbocycles. The summed E-state index contributed by atoms with van der Waals surface area (Å²) >= 11 is 1.51. The van der Waals surface area contributed by atoms with Gasteiger partial charge in [-0.15, -0.1) is 11.3 Å². The average Bonchev–Trinajstić information content (AvgIpc) is 2.97. The first kappa shape index (κ1) is 17.4. The Labute approximate surface area is 147 Å². The molecule has 3 heterocycles. The maximum Gasteiger partial charge on any atom is 0.264 e. The molecule has 1 spiro atoms. The highest BCUT2D eigenvalue weighted by atomic mass is 32.1. The van der Waals surface area contributed by atoms with Gasteiger partial charge in [0.25, 0.3) is 5.91 Å². The summed E-state index contributed by atoms with van der Waals surface area (Å²) in [6, 6.07) is 1.99. The Bertz CT molecular complexity index is 618. The summed E-state index contributed by atoms with van der Waals surface area (Å²) in [5.74, 6) is 0.291. The highest BCUT2D eigenvalue weighted by Crippen LogP contribution is 2.40. The summed E-state index contributed by atoms with van der Waals surface area (Å²) in [5.41, 5.74) is 1.17. The number of β-amino-alcohol motifs (C(OH)–C–C–N with tert-alkyl or cyclic N) is 1. The first-order valence-electron chi connectivity index (χ1n) is 8.69. The zero-order valence-electron chi connectivity index (χ0n) is 14.5. The molecule has 2 amide bonds. The largest absolute Gasteiger partial charge is 0.392 e. The van der Waals surface area contributed by atoms with Gasteiger partial charge in [0.1, 0.15) is 0 Å². The second kappa shape index (κ2) is 6.84. The van der Waals surface area contributed by atoms with Gasteiger partial charge >= 0.3 is 0 Å². The minimum Gasteiger partial charge on any atom is -0.392 e. The number of aryl methyl sites for hydroxylation is 1. The molecular formula is C18H26N2O3S. The fourth-order valence-electron chi connectivity index (χ4n) is 3.92. The number of likely N-dealkylation sites (tertiary alicyclic amines) is 2. The van der Waals surface area contributed by atoms with Crippen molar-refractivity contribution in [3.05, 3.63) is 21.9 Å². The van der Waals surface area contributed by atoms with Crippen molar-refractivity contribution < 1.29 is 14.7 Å². The number of carbonyl (C=O) groups is 2. The van der Waals surface area contributed by atoms with Crippen LogP contribution in [0.2, 0.25) is 0 Å². The van der Waals surface area contributed by atoms with E-state index in [1.54, 1.807) is 6.92 Å². The number of piperidine rings is 2. The van der Waals surface area contributed by atoms with Crippen LogP contribution in [0.3, 0.4) is 0 Å². The summed E-state index contributed by atoms with van der Waals surface area (Å²) in [6.45, 7) is 6.35. The first-order chi connectivity index (χ1) is 11.4. The molecule has 2 saturated heterocycles. The SMILES string of the molecule is Cc1ccsc1C(=O)N1CCC2(CCC(=O)N(C[C@H](C)O)C2)CC1. The Morgan fingerprint density at radius 1 is 1.38 bits per heavy atom. The second-order valence-corrected chi connectivity index (χ2v) is 8.26. The molecule has 1 aromatic rings. The van der Waals surface area contributed by atoms with Crippen molar-refractivity contribution in [3.8, 4) is 0 Å². The lowest BCUT2D eigenvalue weighted by atomic mass is 9.72. The number of thiophene rings is 1. The van der Waals surface area contributed by atoms with E-state index >= 15 is 0 Å². The number of hydrogen-bond acceptors (Lipinski definition) is 4. The van der Waals surface area contributed by atoms with Crippen molar-refractivity contribution in [1.29, 1.82) is 0 Å². The van der Waals surface area contributed by atoms with Crippen LogP contribution in [0.4, 0.5) is 0 Å². The molecule has 2 aliphatic rings. The molecule has 6 heteroatoms. The fourth-order valence-corrected chi connectivity index (χ4v) is 4.81. The standard InChI is InChI=1S/C18H26N2O3S/c1-13-4-10-24-16(13)17(23)19-8-6-18(7-9-19)5-3-15(22)20(12-18)11-14(2)21/h4,10,14,21H,3,5-9,11-12H2,1-2H3/t14-/m0/s1. The van der Waals surface area contributed by atoms with Crippen molar-refractivity contribution in [3.63, 3.8) is 0 Å². The Kier molecular flexibility index (Phi) is 4.97. The van der Waals surface area contributed by atoms with Gasteiger partial charge in [0.15, 0.2) is 0 Å². The molecule has 24 heavy (non-hydrogen) atoms. The number of hydrogen-bond donors (Lipinski definition) is 1. The number of aliphatic hydroxyl groups excluding tert-OH is 1. The molecular weight excluding hydrogens is 324 g/mol. The molecule has 1 aromatic heterocycles. The van der Waals surface area contributed by atoms with Crippen molar-refractivity contribution in [2.24, 2.45) is 5.41 Å². The Hall–Kier alpha value is -1.40. The van der Waals surface area contributed by atoms with E-state index in [1.165, 1.54) is 11.3 Å². The molecule has 0 bridgehead atoms. The second-order valence-electron chi connectivity index (χ2n) is 7.35. The number of rotatable bonds is 3. The Balaban J connectivity index is 1.63. The number of aliphatic hydroxyl groups is 1. The van der Waals surface area contributed by atoms with Gasteiger partial charge in [0, 0.05) is 32.6 Å². The van der Waals surface area contributed by atoms with Crippen molar-refractivity contribution >= 4 is 23.2 Å². The lowest BCUT2D eigenvalue weighted by molar-refractivity contribution is -0.140. The fraction of sp³-hybridized carbons (Fsp3) is 0.667. The van der Waals surface area contributed by atoms with Crippen LogP contribution in [0.5, 0.6) is 0 Å². The Morgan fingerprint density at radius 2 is 2.08 bits per heavy atom. The molecule has 1 N–H and O–H groups in total. The van der Waals surface area contributed by atoms with Crippen LogP contribution in [0.15, 0.2) is 11.4 Å². The third kappa shape index (κ3) is 3.49. The van der Waals surface area contributed by atoms with E-state index in [-0.39, 0.29) is 17.2 Å². The van der Waals surface area contributed by atoms with E-state index in [4.69, 9.17) is 0 Å². The molecule has 2 fully saturated rings. The highest BCUT2D eigenvalue weighted by Gasteiger charge is 2.42. The third-order valence-corrected chi connectivity index (χ3v) is 6.40. The third-order valence-electron chi connectivity index (χ3n) is 5.40. The maximum atomic E-state index is 12.7. The average molecular weight is 350 g/mol. The summed E-state index contributed by atoms with van der Waals surface area (Å²) in [5, 5.41) is 11.6. The minimum atomic E-state index is -0.493. The van der Waals surface area contributed by atoms with Gasteiger partial charge in [-0.25, -0.2) is 0 Å². The topological polar surface area (TPSA) is 60.9 Å². The molecule has 2 aliphatic heterocycles. The molecule has 132 valence electrons. The van der Waals surface area contributed by atoms with Gasteiger partial charge in [0.2, 0.25) is 5.91 Å². The van der Waals surface area contributed by atoms with E-state index in [0.717, 1.165) is 49.3 Å². The predicted molar refractivity (Wildman–Crippen MR) is 94.1 cm³/mol. The smallest absolute Gasteiger partial charge is 0.264 e. The van der Waals surface area contributed by atoms with Gasteiger partial charge in [-0.1, -0.05) is 0 Å². The minimum absolute atomic E-state index is 0.115. The zero-order chi connectivity index (χ0) is 17.3. The van der Waals surface area contributed by atoms with Gasteiger partial charge in [0.05, 0.1) is 11.0 Å². The molecule has 0 aliphatic carbocycles. The van der Waals surface area contributed by atoms with E-state index in [0.29, 0.717) is 13.0 Å². The van der Waals surface area contributed by atoms with Crippen LogP contribution >= 0.6 is 11.3 Å². The highest BCUT2D eigenvalue weighted by molar-refractivity contribution is 7.12. The van der Waals surface area contributed by atoms with Gasteiger partial charge in [-0.3, -0.25) is 9.59 Å². The summed E-state index contributed by atoms with van der Waals surface area (Å²) in [6.07, 6.45) is 2.85. The summed E-state index contributed by atoms with van der Waals surface area (Å²) < 4.78 is 0. The van der Waals surface area contributed by atoms with Crippen molar-refractivity contribution in [1.82, 2.24) is 9.80 Å². The zero-order valence-corrected chi connectivity index (χ0v) is 15.3. The number of carbonyl (C=O) groups excluding carboxylic acids is 2. The molecule has 0 unspecified atom stereocenters. The summed E-state index contributed by atoms with van der Waals surface area (Å²) in [7, 11) is 0. The molecule has 3 rings (SSSR count). The predicted octanol–water partition coefficient (Wildman–Crippen LogP) is 2.28. The maximum absolute atomic E-state index is 12.7. The van der Waals surface area contributed by atoms with Crippen LogP contribution in [0.25, 0.3) is 0 Å². The normalized spacial score (nSPS) is 22.0. The molecule has 0 radical (unpaired) electrons. The van der Waals surface area contributed by atoms with Crippen LogP contribution in [-0.4, -0.2) is 59.0 Å². The van der Waals surface area contributed by atoms with Crippen LogP contribution < -0.4 is 0 Å². The summed E-state index contributed by atoms with van der Waals surface area (Å²) in [4.78, 5) is 29.3. The van der Waals surface area contributed by atoms with Crippen LogP contribution in [0.1, 0.15) is 47.8 Å². The van der Waals surface area contributed by atoms with Crippen molar-refractivity contribution in [2.75, 3.05) is 26.2 Å². The van der Waals surface area contributed by atoms with E-state index in [9.17, 15) is 14.7 Å².